The Kier molecular flexibility index (Phi) is 5.93. The van der Waals surface area contributed by atoms with E-state index in [2.05, 4.69) is 39.0 Å². The lowest BCUT2D eigenvalue weighted by Crippen LogP contribution is -2.59. The number of likely N-dealkylation sites (N-methyl/N-ethyl adjacent to an activating group) is 2. The zero-order valence-electron chi connectivity index (χ0n) is 17.7. The molecule has 0 saturated carbocycles. The lowest BCUT2D eigenvalue weighted by molar-refractivity contribution is -0.129. The van der Waals surface area contributed by atoms with Gasteiger partial charge < -0.3 is 14.8 Å². The average molecular weight is 388 g/mol. The minimum absolute atomic E-state index is 0.00213. The standard InChI is InChI=1S/C21H33N5O2/c1-21(2,3)18(19(27)22-4)26(15-9-7-6-8-10-15)20(28)17-16-13-24(5)11-12-25(16)14-23-17/h6-7,14-15,18H,8-13H2,1-5H3,(H,22,27)/t15-,18?/m1/s1. The third-order valence-electron chi connectivity index (χ3n) is 5.75. The van der Waals surface area contributed by atoms with Gasteiger partial charge in [0, 0.05) is 32.7 Å². The van der Waals surface area contributed by atoms with Crippen LogP contribution in [0.4, 0.5) is 0 Å². The van der Waals surface area contributed by atoms with E-state index < -0.39 is 11.5 Å². The summed E-state index contributed by atoms with van der Waals surface area (Å²) in [5.41, 5.74) is 1.03. The summed E-state index contributed by atoms with van der Waals surface area (Å²) in [4.78, 5) is 35.2. The molecular formula is C21H33N5O2. The lowest BCUT2D eigenvalue weighted by Gasteiger charge is -2.43. The fraction of sp³-hybridized carbons (Fsp3) is 0.667. The Balaban J connectivity index is 2.04. The van der Waals surface area contributed by atoms with E-state index in [-0.39, 0.29) is 17.9 Å². The summed E-state index contributed by atoms with van der Waals surface area (Å²) in [6.07, 6.45) is 8.59. The van der Waals surface area contributed by atoms with Gasteiger partial charge in [0.05, 0.1) is 12.0 Å². The van der Waals surface area contributed by atoms with E-state index in [4.69, 9.17) is 0 Å². The van der Waals surface area contributed by atoms with Crippen LogP contribution in [-0.4, -0.2) is 63.9 Å². The van der Waals surface area contributed by atoms with E-state index in [0.717, 1.165) is 38.0 Å². The van der Waals surface area contributed by atoms with Gasteiger partial charge in [0.25, 0.3) is 5.91 Å². The van der Waals surface area contributed by atoms with E-state index in [1.54, 1.807) is 13.4 Å². The first-order chi connectivity index (χ1) is 13.2. The number of carbonyl (C=O) groups excluding carboxylic acids is 2. The van der Waals surface area contributed by atoms with Crippen molar-refractivity contribution in [2.45, 2.75) is 65.2 Å². The van der Waals surface area contributed by atoms with Crippen LogP contribution in [0.1, 0.15) is 56.2 Å². The molecule has 2 heterocycles. The first kappa shape index (κ1) is 20.6. The lowest BCUT2D eigenvalue weighted by atomic mass is 9.82. The molecule has 2 aliphatic rings. The molecule has 0 spiro atoms. The van der Waals surface area contributed by atoms with Crippen LogP contribution in [0.15, 0.2) is 18.5 Å². The van der Waals surface area contributed by atoms with E-state index in [0.29, 0.717) is 12.2 Å². The Hall–Kier alpha value is -2.15. The molecule has 1 unspecified atom stereocenters. The zero-order valence-corrected chi connectivity index (χ0v) is 17.7. The first-order valence-corrected chi connectivity index (χ1v) is 10.2. The molecule has 1 N–H and O–H groups in total. The van der Waals surface area contributed by atoms with Crippen molar-refractivity contribution < 1.29 is 9.59 Å². The molecular weight excluding hydrogens is 354 g/mol. The number of hydrogen-bond acceptors (Lipinski definition) is 4. The van der Waals surface area contributed by atoms with Gasteiger partial charge in [0.15, 0.2) is 5.69 Å². The molecule has 7 nitrogen and oxygen atoms in total. The highest BCUT2D eigenvalue weighted by Crippen LogP contribution is 2.32. The normalized spacial score (nSPS) is 21.1. The Morgan fingerprint density at radius 1 is 1.29 bits per heavy atom. The van der Waals surface area contributed by atoms with Crippen LogP contribution in [0, 0.1) is 5.41 Å². The number of hydrogen-bond donors (Lipinski definition) is 1. The molecule has 28 heavy (non-hydrogen) atoms. The van der Waals surface area contributed by atoms with Crippen molar-refractivity contribution in [3.63, 3.8) is 0 Å². The molecule has 0 bridgehead atoms. The van der Waals surface area contributed by atoms with Gasteiger partial charge in [-0.25, -0.2) is 4.98 Å². The van der Waals surface area contributed by atoms with Crippen molar-refractivity contribution in [2.24, 2.45) is 5.41 Å². The highest BCUT2D eigenvalue weighted by molar-refractivity contribution is 5.97. The molecule has 3 rings (SSSR count). The summed E-state index contributed by atoms with van der Waals surface area (Å²) in [7, 11) is 3.69. The number of fused-ring (bicyclic) bond motifs is 1. The first-order valence-electron chi connectivity index (χ1n) is 10.2. The van der Waals surface area contributed by atoms with Crippen molar-refractivity contribution in [3.05, 3.63) is 29.9 Å². The molecule has 0 fully saturated rings. The van der Waals surface area contributed by atoms with Crippen molar-refractivity contribution in [2.75, 3.05) is 20.6 Å². The van der Waals surface area contributed by atoms with Crippen LogP contribution in [0.5, 0.6) is 0 Å². The van der Waals surface area contributed by atoms with Crippen LogP contribution >= 0.6 is 0 Å². The highest BCUT2D eigenvalue weighted by atomic mass is 16.2. The van der Waals surface area contributed by atoms with Gasteiger partial charge in [-0.1, -0.05) is 32.9 Å². The van der Waals surface area contributed by atoms with Gasteiger partial charge >= 0.3 is 0 Å². The molecule has 0 aromatic carbocycles. The van der Waals surface area contributed by atoms with E-state index in [9.17, 15) is 9.59 Å². The Morgan fingerprint density at radius 3 is 2.64 bits per heavy atom. The van der Waals surface area contributed by atoms with Crippen molar-refractivity contribution in [1.82, 2.24) is 24.7 Å². The molecule has 1 aliphatic heterocycles. The van der Waals surface area contributed by atoms with E-state index >= 15 is 0 Å². The zero-order chi connectivity index (χ0) is 20.5. The number of nitrogens with zero attached hydrogens (tertiary/aromatic N) is 4. The molecule has 7 heteroatoms. The molecule has 2 amide bonds. The van der Waals surface area contributed by atoms with Crippen LogP contribution in [0.2, 0.25) is 0 Å². The summed E-state index contributed by atoms with van der Waals surface area (Å²) < 4.78 is 2.07. The van der Waals surface area contributed by atoms with Crippen molar-refractivity contribution in [1.29, 1.82) is 0 Å². The number of rotatable bonds is 4. The smallest absolute Gasteiger partial charge is 0.275 e. The molecule has 1 aromatic rings. The average Bonchev–Trinajstić information content (AvgIpc) is 3.07. The Morgan fingerprint density at radius 2 is 2.04 bits per heavy atom. The van der Waals surface area contributed by atoms with Crippen LogP contribution in [0.3, 0.4) is 0 Å². The van der Waals surface area contributed by atoms with Gasteiger partial charge in [-0.05, 0) is 31.7 Å². The molecule has 1 aromatic heterocycles. The monoisotopic (exact) mass is 387 g/mol. The van der Waals surface area contributed by atoms with Gasteiger partial charge in [-0.2, -0.15) is 0 Å². The van der Waals surface area contributed by atoms with Crippen LogP contribution < -0.4 is 5.32 Å². The predicted molar refractivity (Wildman–Crippen MR) is 109 cm³/mol. The maximum Gasteiger partial charge on any atom is 0.275 e. The summed E-state index contributed by atoms with van der Waals surface area (Å²) in [6.45, 7) is 8.51. The fourth-order valence-corrected chi connectivity index (χ4v) is 4.28. The summed E-state index contributed by atoms with van der Waals surface area (Å²) >= 11 is 0. The predicted octanol–water partition coefficient (Wildman–Crippen LogP) is 2.04. The minimum Gasteiger partial charge on any atom is -0.357 e. The van der Waals surface area contributed by atoms with Gasteiger partial charge in [-0.3, -0.25) is 14.5 Å². The number of nitrogens with one attached hydrogen (secondary N) is 1. The summed E-state index contributed by atoms with van der Waals surface area (Å²) in [5, 5.41) is 2.78. The number of imidazole rings is 1. The van der Waals surface area contributed by atoms with Crippen molar-refractivity contribution >= 4 is 11.8 Å². The second kappa shape index (κ2) is 8.07. The number of aromatic nitrogens is 2. The topological polar surface area (TPSA) is 70.5 Å². The highest BCUT2D eigenvalue weighted by Gasteiger charge is 2.43. The van der Waals surface area contributed by atoms with E-state index in [1.807, 2.05) is 25.7 Å². The second-order valence-corrected chi connectivity index (χ2v) is 9.00. The van der Waals surface area contributed by atoms with Gasteiger partial charge in [0.2, 0.25) is 5.91 Å². The van der Waals surface area contributed by atoms with Crippen molar-refractivity contribution in [3.8, 4) is 0 Å². The maximum absolute atomic E-state index is 13.8. The Labute approximate surface area is 167 Å². The molecule has 2 atom stereocenters. The molecule has 0 saturated heterocycles. The summed E-state index contributed by atoms with van der Waals surface area (Å²) in [6, 6.07) is -0.558. The largest absolute Gasteiger partial charge is 0.357 e. The second-order valence-electron chi connectivity index (χ2n) is 9.00. The quantitative estimate of drug-likeness (QED) is 0.803. The van der Waals surface area contributed by atoms with Crippen LogP contribution in [0.25, 0.3) is 0 Å². The molecule has 0 radical (unpaired) electrons. The third-order valence-corrected chi connectivity index (χ3v) is 5.75. The number of amides is 2. The van der Waals surface area contributed by atoms with Gasteiger partial charge in [-0.15, -0.1) is 0 Å². The van der Waals surface area contributed by atoms with E-state index in [1.165, 1.54) is 0 Å². The van der Waals surface area contributed by atoms with Crippen LogP contribution in [-0.2, 0) is 17.9 Å². The minimum atomic E-state index is -0.555. The molecule has 154 valence electrons. The van der Waals surface area contributed by atoms with Gasteiger partial charge in [0.1, 0.15) is 6.04 Å². The fourth-order valence-electron chi connectivity index (χ4n) is 4.28. The summed E-state index contributed by atoms with van der Waals surface area (Å²) in [5.74, 6) is -0.256. The number of allylic oxidation sites excluding steroid dienone is 1. The number of carbonyl (C=O) groups is 2. The maximum atomic E-state index is 13.8. The Bertz CT molecular complexity index is 761. The third kappa shape index (κ3) is 3.99. The molecule has 1 aliphatic carbocycles. The SMILES string of the molecule is CNC(=O)C(N(C(=O)c1ncn2c1CN(C)CC2)[C@@H]1CC=CCC1)C(C)(C)C.